The smallest absolute Gasteiger partial charge is 0.268 e. The number of carbonyl (C=O) groups is 3. The number of rotatable bonds is 3. The molecule has 1 N–H and O–H groups in total. The summed E-state index contributed by atoms with van der Waals surface area (Å²) in [6.07, 6.45) is 0. The van der Waals surface area contributed by atoms with Gasteiger partial charge in [0, 0.05) is 23.8 Å². The number of nitrogens with zero attached hydrogens (tertiary/aromatic N) is 2. The van der Waals surface area contributed by atoms with Crippen molar-refractivity contribution in [1.82, 2.24) is 15.6 Å². The minimum absolute atomic E-state index is 0.170. The van der Waals surface area contributed by atoms with Crippen LogP contribution in [0.3, 0.4) is 0 Å². The Balaban J connectivity index is 5.29. The summed E-state index contributed by atoms with van der Waals surface area (Å²) >= 11 is 0. The lowest BCUT2D eigenvalue weighted by Gasteiger charge is -2.31. The fraction of sp³-hybridized carbons (Fsp3) is 0.308. The van der Waals surface area contributed by atoms with E-state index in [0.717, 1.165) is 10.1 Å². The van der Waals surface area contributed by atoms with E-state index in [1.54, 1.807) is 0 Å². The van der Waals surface area contributed by atoms with Crippen LogP contribution in [0.5, 0.6) is 0 Å². The molecule has 0 aliphatic carbocycles. The van der Waals surface area contributed by atoms with Crippen molar-refractivity contribution in [3.63, 3.8) is 0 Å². The zero-order chi connectivity index (χ0) is 15.3. The molecule has 0 saturated heterocycles. The van der Waals surface area contributed by atoms with Crippen LogP contribution in [0.2, 0.25) is 0 Å². The summed E-state index contributed by atoms with van der Waals surface area (Å²) in [6, 6.07) is 0. The summed E-state index contributed by atoms with van der Waals surface area (Å²) in [5, 5.41) is 1.75. The van der Waals surface area contributed by atoms with Gasteiger partial charge in [-0.25, -0.2) is 10.4 Å². The maximum atomic E-state index is 11.9. The fourth-order valence-electron chi connectivity index (χ4n) is 1.00. The molecule has 0 aromatic heterocycles. The van der Waals surface area contributed by atoms with Crippen LogP contribution in [0, 0.1) is 0 Å². The third-order valence-corrected chi connectivity index (χ3v) is 2.11. The van der Waals surface area contributed by atoms with Gasteiger partial charge < -0.3 is 0 Å². The Morgan fingerprint density at radius 3 is 1.58 bits per heavy atom. The van der Waals surface area contributed by atoms with Crippen LogP contribution < -0.4 is 5.43 Å². The molecular weight excluding hydrogens is 246 g/mol. The molecule has 0 aliphatic rings. The average Bonchev–Trinajstić information content (AvgIpc) is 2.32. The lowest BCUT2D eigenvalue weighted by atomic mass is 10.3. The molecule has 0 bridgehead atoms. The zero-order valence-electron chi connectivity index (χ0n) is 11.7. The van der Waals surface area contributed by atoms with Gasteiger partial charge in [0.25, 0.3) is 17.7 Å². The Morgan fingerprint density at radius 1 is 0.842 bits per heavy atom. The van der Waals surface area contributed by atoms with E-state index >= 15 is 0 Å². The molecule has 0 atom stereocenters. The summed E-state index contributed by atoms with van der Waals surface area (Å²) in [5.74, 6) is -1.68. The predicted molar refractivity (Wildman–Crippen MR) is 72.2 cm³/mol. The lowest BCUT2D eigenvalue weighted by Crippen LogP contribution is -2.57. The van der Waals surface area contributed by atoms with Crippen molar-refractivity contribution in [2.75, 3.05) is 7.05 Å². The van der Waals surface area contributed by atoms with Crippen molar-refractivity contribution in [1.29, 1.82) is 0 Å². The van der Waals surface area contributed by atoms with Crippen molar-refractivity contribution in [2.45, 2.75) is 20.8 Å². The van der Waals surface area contributed by atoms with Gasteiger partial charge in [-0.3, -0.25) is 14.4 Å². The van der Waals surface area contributed by atoms with Gasteiger partial charge in [-0.15, -0.1) is 5.12 Å². The van der Waals surface area contributed by atoms with Crippen molar-refractivity contribution >= 4 is 17.7 Å². The molecule has 6 heteroatoms. The fourth-order valence-corrected chi connectivity index (χ4v) is 1.00. The number of hydrazine groups is 2. The predicted octanol–water partition coefficient (Wildman–Crippen LogP) is 0.948. The van der Waals surface area contributed by atoms with Gasteiger partial charge in [-0.2, -0.15) is 0 Å². The summed E-state index contributed by atoms with van der Waals surface area (Å²) in [4.78, 5) is 35.3. The lowest BCUT2D eigenvalue weighted by molar-refractivity contribution is -0.165. The SMILES string of the molecule is C=C(C)C(=O)NN(C(=O)C(=C)C)N(C)C(=O)C(=C)C. The molecular formula is C13H19N3O3. The number of carbonyl (C=O) groups excluding carboxylic acids is 3. The van der Waals surface area contributed by atoms with E-state index < -0.39 is 17.7 Å². The third kappa shape index (κ3) is 4.42. The van der Waals surface area contributed by atoms with Crippen LogP contribution in [0.25, 0.3) is 0 Å². The molecule has 6 nitrogen and oxygen atoms in total. The van der Waals surface area contributed by atoms with E-state index in [-0.39, 0.29) is 16.7 Å². The molecule has 104 valence electrons. The first kappa shape index (κ1) is 16.6. The van der Waals surface area contributed by atoms with Gasteiger partial charge in [0.2, 0.25) is 0 Å². The molecule has 0 unspecified atom stereocenters. The second kappa shape index (κ2) is 6.53. The molecule has 0 aromatic rings. The first-order valence-corrected chi connectivity index (χ1v) is 5.49. The van der Waals surface area contributed by atoms with Gasteiger partial charge in [-0.1, -0.05) is 19.7 Å². The van der Waals surface area contributed by atoms with Crippen LogP contribution >= 0.6 is 0 Å². The molecule has 0 spiro atoms. The van der Waals surface area contributed by atoms with Gasteiger partial charge in [0.05, 0.1) is 0 Å². The molecule has 0 aromatic carbocycles. The second-order valence-electron chi connectivity index (χ2n) is 4.23. The van der Waals surface area contributed by atoms with Crippen molar-refractivity contribution in [2.24, 2.45) is 0 Å². The largest absolute Gasteiger partial charge is 0.287 e. The van der Waals surface area contributed by atoms with Gasteiger partial charge in [0.15, 0.2) is 0 Å². The Kier molecular flexibility index (Phi) is 5.72. The maximum absolute atomic E-state index is 11.9. The van der Waals surface area contributed by atoms with Crippen LogP contribution in [-0.4, -0.2) is 34.9 Å². The standard InChI is InChI=1S/C13H19N3O3/c1-8(2)11(17)14-16(13(19)10(5)6)15(7)12(18)9(3)4/h1,3,5H2,2,4,6-7H3,(H,14,17). The van der Waals surface area contributed by atoms with Gasteiger partial charge in [0.1, 0.15) is 0 Å². The van der Waals surface area contributed by atoms with Crippen LogP contribution in [0.15, 0.2) is 36.5 Å². The Morgan fingerprint density at radius 2 is 1.26 bits per heavy atom. The number of nitrogens with one attached hydrogen (secondary N) is 1. The Bertz CT molecular complexity index is 466. The monoisotopic (exact) mass is 265 g/mol. The van der Waals surface area contributed by atoms with Crippen molar-refractivity contribution in [3.05, 3.63) is 36.5 Å². The molecule has 19 heavy (non-hydrogen) atoms. The van der Waals surface area contributed by atoms with E-state index in [9.17, 15) is 14.4 Å². The Hall–Kier alpha value is -2.37. The maximum Gasteiger partial charge on any atom is 0.287 e. The molecule has 0 aliphatic heterocycles. The van der Waals surface area contributed by atoms with Crippen LogP contribution in [0.4, 0.5) is 0 Å². The van der Waals surface area contributed by atoms with E-state index in [4.69, 9.17) is 0 Å². The van der Waals surface area contributed by atoms with Crippen molar-refractivity contribution in [3.8, 4) is 0 Å². The first-order valence-electron chi connectivity index (χ1n) is 5.49. The molecule has 0 fully saturated rings. The summed E-state index contributed by atoms with van der Waals surface area (Å²) in [5.41, 5.74) is 2.88. The molecule has 0 heterocycles. The van der Waals surface area contributed by atoms with Crippen molar-refractivity contribution < 1.29 is 14.4 Å². The molecule has 0 radical (unpaired) electrons. The third-order valence-electron chi connectivity index (χ3n) is 2.11. The summed E-state index contributed by atoms with van der Waals surface area (Å²) < 4.78 is 0. The highest BCUT2D eigenvalue weighted by atomic mass is 16.2. The second-order valence-corrected chi connectivity index (χ2v) is 4.23. The number of likely N-dealkylation sites (N-methyl/N-ethyl adjacent to an activating group) is 1. The molecule has 0 saturated carbocycles. The summed E-state index contributed by atoms with van der Waals surface area (Å²) in [7, 11) is 1.34. The van der Waals surface area contributed by atoms with Gasteiger partial charge >= 0.3 is 0 Å². The molecule has 0 rings (SSSR count). The van der Waals surface area contributed by atoms with Crippen LogP contribution in [0.1, 0.15) is 20.8 Å². The number of hydrogen-bond donors (Lipinski definition) is 1. The Labute approximate surface area is 113 Å². The van der Waals surface area contributed by atoms with E-state index in [1.165, 1.54) is 27.8 Å². The number of amides is 3. The van der Waals surface area contributed by atoms with Gasteiger partial charge in [-0.05, 0) is 20.8 Å². The van der Waals surface area contributed by atoms with E-state index in [2.05, 4.69) is 25.2 Å². The quantitative estimate of drug-likeness (QED) is 0.610. The molecule has 3 amide bonds. The van der Waals surface area contributed by atoms with E-state index in [0.29, 0.717) is 0 Å². The van der Waals surface area contributed by atoms with E-state index in [1.807, 2.05) is 0 Å². The first-order chi connectivity index (χ1) is 8.59. The summed E-state index contributed by atoms with van der Waals surface area (Å²) in [6.45, 7) is 14.9. The highest BCUT2D eigenvalue weighted by Gasteiger charge is 2.25. The topological polar surface area (TPSA) is 69.7 Å². The highest BCUT2D eigenvalue weighted by Crippen LogP contribution is 2.05. The minimum atomic E-state index is -0.605. The van der Waals surface area contributed by atoms with Crippen LogP contribution in [-0.2, 0) is 14.4 Å². The average molecular weight is 265 g/mol. The highest BCUT2D eigenvalue weighted by molar-refractivity contribution is 5.99. The minimum Gasteiger partial charge on any atom is -0.268 e. The zero-order valence-corrected chi connectivity index (χ0v) is 11.7. The normalized spacial score (nSPS) is 9.26. The number of hydrogen-bond acceptors (Lipinski definition) is 3.